The van der Waals surface area contributed by atoms with Crippen molar-refractivity contribution >= 4 is 18.1 Å². The van der Waals surface area contributed by atoms with Gasteiger partial charge in [-0.05, 0) is 33.0 Å². The molecule has 0 saturated carbocycles. The summed E-state index contributed by atoms with van der Waals surface area (Å²) < 4.78 is 28.4. The molecule has 0 bridgehead atoms. The Morgan fingerprint density at radius 3 is 2.61 bits per heavy atom. The fourth-order valence-electron chi connectivity index (χ4n) is 2.33. The molecule has 2 aromatic heterocycles. The van der Waals surface area contributed by atoms with Crippen LogP contribution >= 0.6 is 12.2 Å². The van der Waals surface area contributed by atoms with E-state index in [0.29, 0.717) is 39.5 Å². The number of rotatable bonds is 6. The second-order valence-corrected chi connectivity index (χ2v) is 5.51. The first kappa shape index (κ1) is 17.3. The zero-order valence-corrected chi connectivity index (χ0v) is 13.9. The number of nitrogens with one attached hydrogen (secondary N) is 2. The summed E-state index contributed by atoms with van der Waals surface area (Å²) in [4.78, 5) is 12.0. The number of hydrogen-bond acceptors (Lipinski definition) is 4. The summed E-state index contributed by atoms with van der Waals surface area (Å²) in [7, 11) is 0. The van der Waals surface area contributed by atoms with Crippen molar-refractivity contribution in [1.82, 2.24) is 29.9 Å². The number of nitrogens with zero attached hydrogens (tertiary/aromatic N) is 4. The van der Waals surface area contributed by atoms with Crippen LogP contribution in [0.15, 0.2) is 0 Å². The Balaban J connectivity index is 1.94. The number of aromatic amines is 1. The lowest BCUT2D eigenvalue weighted by Gasteiger charge is -2.07. The third kappa shape index (κ3) is 3.81. The molecule has 0 aliphatic carbocycles. The number of hydrogen-bond donors (Lipinski definition) is 2. The molecule has 0 aliphatic heterocycles. The highest BCUT2D eigenvalue weighted by Crippen LogP contribution is 2.19. The fraction of sp³-hybridized carbons (Fsp3) is 0.538. The molecular weight excluding hydrogens is 326 g/mol. The van der Waals surface area contributed by atoms with Crippen molar-refractivity contribution in [1.29, 1.82) is 0 Å². The molecule has 0 fully saturated rings. The number of amides is 1. The Hall–Kier alpha value is -2.10. The van der Waals surface area contributed by atoms with E-state index >= 15 is 0 Å². The van der Waals surface area contributed by atoms with E-state index in [0.717, 1.165) is 5.82 Å². The second-order valence-electron chi connectivity index (χ2n) is 5.13. The van der Waals surface area contributed by atoms with Gasteiger partial charge in [-0.15, -0.1) is 0 Å². The monoisotopic (exact) mass is 344 g/mol. The number of halogens is 2. The molecule has 0 radical (unpaired) electrons. The van der Waals surface area contributed by atoms with Crippen LogP contribution in [-0.4, -0.2) is 37.0 Å². The summed E-state index contributed by atoms with van der Waals surface area (Å²) in [6.45, 7) is 3.09. The molecule has 2 heterocycles. The van der Waals surface area contributed by atoms with E-state index in [9.17, 15) is 13.6 Å². The van der Waals surface area contributed by atoms with E-state index in [1.165, 1.54) is 6.92 Å². The molecule has 0 saturated heterocycles. The molecule has 23 heavy (non-hydrogen) atoms. The minimum atomic E-state index is -2.71. The van der Waals surface area contributed by atoms with Crippen LogP contribution in [0, 0.1) is 25.5 Å². The highest BCUT2D eigenvalue weighted by Gasteiger charge is 2.19. The van der Waals surface area contributed by atoms with E-state index in [-0.39, 0.29) is 12.3 Å². The second kappa shape index (κ2) is 6.99. The van der Waals surface area contributed by atoms with Crippen LogP contribution in [0.1, 0.15) is 29.3 Å². The topological polar surface area (TPSA) is 80.5 Å². The minimum Gasteiger partial charge on any atom is -0.354 e. The average molecular weight is 344 g/mol. The number of carbonyl (C=O) groups is 1. The molecule has 0 aromatic carbocycles. The molecule has 0 aliphatic rings. The summed E-state index contributed by atoms with van der Waals surface area (Å²) in [5.74, 6) is 0.479. The molecule has 0 atom stereocenters. The van der Waals surface area contributed by atoms with Crippen molar-refractivity contribution in [3.05, 3.63) is 27.5 Å². The number of aromatic nitrogens is 5. The van der Waals surface area contributed by atoms with Gasteiger partial charge in [0.25, 0.3) is 0 Å². The molecular formula is C13H18F2N6OS. The van der Waals surface area contributed by atoms with Crippen molar-refractivity contribution in [2.75, 3.05) is 6.54 Å². The zero-order chi connectivity index (χ0) is 17.1. The van der Waals surface area contributed by atoms with E-state index in [1.807, 2.05) is 0 Å². The largest absolute Gasteiger partial charge is 0.354 e. The lowest BCUT2D eigenvalue weighted by atomic mass is 10.1. The summed E-state index contributed by atoms with van der Waals surface area (Å²) in [5.41, 5.74) is 1.27. The maximum atomic E-state index is 12.8. The first-order valence-electron chi connectivity index (χ1n) is 7.02. The third-order valence-electron chi connectivity index (χ3n) is 3.60. The van der Waals surface area contributed by atoms with Gasteiger partial charge in [0.15, 0.2) is 4.77 Å². The van der Waals surface area contributed by atoms with Gasteiger partial charge < -0.3 is 9.88 Å². The van der Waals surface area contributed by atoms with Crippen LogP contribution < -0.4 is 5.32 Å². The highest BCUT2D eigenvalue weighted by molar-refractivity contribution is 7.71. The lowest BCUT2D eigenvalue weighted by molar-refractivity contribution is -0.120. The Labute approximate surface area is 136 Å². The molecule has 0 unspecified atom stereocenters. The summed E-state index contributed by atoms with van der Waals surface area (Å²) in [6.07, 6.45) is 0.0140. The maximum absolute atomic E-state index is 12.8. The van der Waals surface area contributed by atoms with Gasteiger partial charge >= 0.3 is 6.55 Å². The molecule has 10 heteroatoms. The van der Waals surface area contributed by atoms with Crippen LogP contribution in [0.2, 0.25) is 0 Å². The Morgan fingerprint density at radius 1 is 1.39 bits per heavy atom. The third-order valence-corrected chi connectivity index (χ3v) is 3.92. The molecule has 2 N–H and O–H groups in total. The quantitative estimate of drug-likeness (QED) is 0.783. The van der Waals surface area contributed by atoms with Crippen LogP contribution in [0.25, 0.3) is 0 Å². The van der Waals surface area contributed by atoms with Crippen molar-refractivity contribution in [2.45, 2.75) is 40.3 Å². The van der Waals surface area contributed by atoms with E-state index < -0.39 is 6.55 Å². The smallest absolute Gasteiger partial charge is 0.333 e. The van der Waals surface area contributed by atoms with Crippen molar-refractivity contribution in [3.63, 3.8) is 0 Å². The van der Waals surface area contributed by atoms with Crippen molar-refractivity contribution in [2.24, 2.45) is 0 Å². The Kier molecular flexibility index (Phi) is 5.24. The lowest BCUT2D eigenvalue weighted by Crippen LogP contribution is -2.29. The van der Waals surface area contributed by atoms with Crippen LogP contribution in [0.4, 0.5) is 8.78 Å². The SMILES string of the molecule is Cc1nn(C(F)F)c(C)c1CC(=O)NCCn1c(C)n[nH]c1=S. The number of aryl methyl sites for hydroxylation is 2. The molecule has 0 spiro atoms. The summed E-state index contributed by atoms with van der Waals surface area (Å²) in [5, 5.41) is 13.1. The normalized spacial score (nSPS) is 11.2. The Morgan fingerprint density at radius 2 is 2.09 bits per heavy atom. The summed E-state index contributed by atoms with van der Waals surface area (Å²) in [6, 6.07) is 0. The number of alkyl halides is 2. The Bertz CT molecular complexity index is 763. The van der Waals surface area contributed by atoms with Gasteiger partial charge in [0, 0.05) is 24.3 Å². The molecule has 126 valence electrons. The molecule has 2 aromatic rings. The van der Waals surface area contributed by atoms with Gasteiger partial charge in [0.1, 0.15) is 5.82 Å². The van der Waals surface area contributed by atoms with Gasteiger partial charge in [-0.2, -0.15) is 19.0 Å². The van der Waals surface area contributed by atoms with Crippen LogP contribution in [0.5, 0.6) is 0 Å². The average Bonchev–Trinajstić information content (AvgIpc) is 2.94. The number of H-pyrrole nitrogens is 1. The predicted octanol–water partition coefficient (Wildman–Crippen LogP) is 1.82. The fourth-order valence-corrected chi connectivity index (χ4v) is 2.60. The highest BCUT2D eigenvalue weighted by atomic mass is 32.1. The molecule has 1 amide bonds. The van der Waals surface area contributed by atoms with E-state index in [2.05, 4.69) is 20.6 Å². The molecule has 7 nitrogen and oxygen atoms in total. The molecule has 2 rings (SSSR count). The first-order valence-corrected chi connectivity index (χ1v) is 7.43. The van der Waals surface area contributed by atoms with Gasteiger partial charge in [0.05, 0.1) is 12.1 Å². The minimum absolute atomic E-state index is 0.0140. The van der Waals surface area contributed by atoms with Gasteiger partial charge in [-0.25, -0.2) is 4.68 Å². The summed E-state index contributed by atoms with van der Waals surface area (Å²) >= 11 is 5.07. The van der Waals surface area contributed by atoms with Gasteiger partial charge in [-0.3, -0.25) is 9.89 Å². The predicted molar refractivity (Wildman–Crippen MR) is 81.8 cm³/mol. The van der Waals surface area contributed by atoms with Crippen LogP contribution in [0.3, 0.4) is 0 Å². The standard InChI is InChI=1S/C13H18F2N6OS/c1-7-10(8(2)21(19-7)12(14)15)6-11(22)16-4-5-20-9(3)17-18-13(20)23/h12H,4-6H2,1-3H3,(H,16,22)(H,18,23). The number of carbonyl (C=O) groups excluding carboxylic acids is 1. The van der Waals surface area contributed by atoms with Crippen molar-refractivity contribution < 1.29 is 13.6 Å². The first-order chi connectivity index (χ1) is 10.8. The van der Waals surface area contributed by atoms with Gasteiger partial charge in [-0.1, -0.05) is 0 Å². The van der Waals surface area contributed by atoms with E-state index in [1.54, 1.807) is 18.4 Å². The maximum Gasteiger partial charge on any atom is 0.333 e. The van der Waals surface area contributed by atoms with Gasteiger partial charge in [0.2, 0.25) is 5.91 Å². The van der Waals surface area contributed by atoms with E-state index in [4.69, 9.17) is 12.2 Å². The zero-order valence-electron chi connectivity index (χ0n) is 13.1. The van der Waals surface area contributed by atoms with Crippen LogP contribution in [-0.2, 0) is 17.8 Å². The van der Waals surface area contributed by atoms with Crippen molar-refractivity contribution in [3.8, 4) is 0 Å².